The zero-order chi connectivity index (χ0) is 10.6. The van der Waals surface area contributed by atoms with Crippen LogP contribution in [0.2, 0.25) is 0 Å². The molecule has 0 atom stereocenters. The first kappa shape index (κ1) is 11.2. The average Bonchev–Trinajstić information content (AvgIpc) is 2.14. The lowest BCUT2D eigenvalue weighted by Crippen LogP contribution is -2.45. The molecule has 0 saturated carbocycles. The molecule has 80 valence electrons. The van der Waals surface area contributed by atoms with Crippen LogP contribution in [0.25, 0.3) is 0 Å². The number of nitrogens with zero attached hydrogens (tertiary/aromatic N) is 1. The van der Waals surface area contributed by atoms with Gasteiger partial charge in [0.1, 0.15) is 0 Å². The highest BCUT2D eigenvalue weighted by molar-refractivity contribution is 5.78. The summed E-state index contributed by atoms with van der Waals surface area (Å²) >= 11 is 0. The van der Waals surface area contributed by atoms with Crippen LogP contribution in [0, 0.1) is 0 Å². The summed E-state index contributed by atoms with van der Waals surface area (Å²) in [7, 11) is 0. The van der Waals surface area contributed by atoms with Gasteiger partial charge in [0.15, 0.2) is 0 Å². The normalized spacial score (nSPS) is 17.2. The summed E-state index contributed by atoms with van der Waals surface area (Å²) in [6.45, 7) is 8.27. The summed E-state index contributed by atoms with van der Waals surface area (Å²) in [5, 5.41) is 3.20. The molecule has 0 aromatic heterocycles. The van der Waals surface area contributed by atoms with E-state index in [0.29, 0.717) is 6.54 Å². The number of carbonyl (C=O) groups is 1. The second kappa shape index (κ2) is 4.60. The van der Waals surface area contributed by atoms with Gasteiger partial charge in [-0.15, -0.1) is 0 Å². The van der Waals surface area contributed by atoms with Gasteiger partial charge in [-0.05, 0) is 27.2 Å². The van der Waals surface area contributed by atoms with Gasteiger partial charge in [0.05, 0.1) is 6.54 Å². The van der Waals surface area contributed by atoms with Gasteiger partial charge in [0.2, 0.25) is 5.91 Å². The maximum absolute atomic E-state index is 11.7. The van der Waals surface area contributed by atoms with Gasteiger partial charge in [-0.2, -0.15) is 0 Å². The van der Waals surface area contributed by atoms with Crippen LogP contribution in [-0.4, -0.2) is 36.0 Å². The van der Waals surface area contributed by atoms with E-state index < -0.39 is 0 Å². The molecule has 1 aliphatic heterocycles. The van der Waals surface area contributed by atoms with E-state index in [9.17, 15) is 4.79 Å². The van der Waals surface area contributed by atoms with Crippen molar-refractivity contribution in [3.63, 3.8) is 0 Å². The second-order valence-electron chi connectivity index (χ2n) is 4.70. The summed E-state index contributed by atoms with van der Waals surface area (Å²) in [6.07, 6.45) is 5.17. The number of amides is 1. The lowest BCUT2D eigenvalue weighted by Gasteiger charge is -2.26. The third kappa shape index (κ3) is 3.92. The Morgan fingerprint density at radius 3 is 2.64 bits per heavy atom. The summed E-state index contributed by atoms with van der Waals surface area (Å²) in [4.78, 5) is 13.6. The number of rotatable bonds is 2. The Balaban J connectivity index is 2.31. The van der Waals surface area contributed by atoms with E-state index in [1.165, 1.54) is 0 Å². The van der Waals surface area contributed by atoms with Gasteiger partial charge in [-0.1, -0.05) is 12.2 Å². The van der Waals surface area contributed by atoms with Gasteiger partial charge in [0, 0.05) is 18.6 Å². The molecule has 3 nitrogen and oxygen atoms in total. The maximum Gasteiger partial charge on any atom is 0.236 e. The quantitative estimate of drug-likeness (QED) is 0.672. The Kier molecular flexibility index (Phi) is 3.69. The topological polar surface area (TPSA) is 32.3 Å². The number of hydrogen-bond donors (Lipinski definition) is 1. The van der Waals surface area contributed by atoms with E-state index in [1.807, 2.05) is 4.90 Å². The first-order valence-electron chi connectivity index (χ1n) is 5.17. The van der Waals surface area contributed by atoms with Crippen LogP contribution in [0.5, 0.6) is 0 Å². The molecule has 0 aliphatic carbocycles. The molecule has 1 N–H and O–H groups in total. The van der Waals surface area contributed by atoms with Gasteiger partial charge in [-0.3, -0.25) is 4.79 Å². The molecule has 0 bridgehead atoms. The Labute approximate surface area is 86.2 Å². The van der Waals surface area contributed by atoms with Crippen molar-refractivity contribution in [1.29, 1.82) is 0 Å². The zero-order valence-corrected chi connectivity index (χ0v) is 9.34. The molecule has 0 aromatic rings. The van der Waals surface area contributed by atoms with E-state index in [-0.39, 0.29) is 11.4 Å². The van der Waals surface area contributed by atoms with Crippen molar-refractivity contribution < 1.29 is 4.79 Å². The summed E-state index contributed by atoms with van der Waals surface area (Å²) in [6, 6.07) is 0. The second-order valence-corrected chi connectivity index (χ2v) is 4.70. The number of nitrogens with one attached hydrogen (secondary N) is 1. The fourth-order valence-electron chi connectivity index (χ4n) is 1.32. The minimum absolute atomic E-state index is 0.0152. The standard InChI is InChI=1S/C11H20N2O/c1-11(2,3)12-9-10(14)13-7-5-4-6-8-13/h4-5,12H,6-9H2,1-3H3. The highest BCUT2D eigenvalue weighted by Gasteiger charge is 2.16. The van der Waals surface area contributed by atoms with Crippen molar-refractivity contribution in [2.24, 2.45) is 0 Å². The molecule has 1 amide bonds. The van der Waals surface area contributed by atoms with Gasteiger partial charge in [0.25, 0.3) is 0 Å². The predicted octanol–water partition coefficient (Wildman–Crippen LogP) is 1.16. The fraction of sp³-hybridized carbons (Fsp3) is 0.727. The van der Waals surface area contributed by atoms with Crippen LogP contribution in [0.1, 0.15) is 27.2 Å². The number of carbonyl (C=O) groups excluding carboxylic acids is 1. The Morgan fingerprint density at radius 1 is 1.43 bits per heavy atom. The largest absolute Gasteiger partial charge is 0.338 e. The molecule has 3 heteroatoms. The van der Waals surface area contributed by atoms with E-state index in [2.05, 4.69) is 38.2 Å². The third-order valence-corrected chi connectivity index (χ3v) is 2.18. The van der Waals surface area contributed by atoms with Crippen molar-refractivity contribution >= 4 is 5.91 Å². The molecule has 1 heterocycles. The lowest BCUT2D eigenvalue weighted by atomic mass is 10.1. The van der Waals surface area contributed by atoms with Crippen LogP contribution in [0.4, 0.5) is 0 Å². The molecule has 0 unspecified atom stereocenters. The van der Waals surface area contributed by atoms with Crippen LogP contribution in [-0.2, 0) is 4.79 Å². The van der Waals surface area contributed by atoms with Gasteiger partial charge in [-0.25, -0.2) is 0 Å². The van der Waals surface area contributed by atoms with E-state index in [4.69, 9.17) is 0 Å². The van der Waals surface area contributed by atoms with Crippen LogP contribution >= 0.6 is 0 Å². The van der Waals surface area contributed by atoms with Crippen molar-refractivity contribution in [1.82, 2.24) is 10.2 Å². The van der Waals surface area contributed by atoms with Crippen molar-refractivity contribution in [3.05, 3.63) is 12.2 Å². The summed E-state index contributed by atoms with van der Waals surface area (Å²) < 4.78 is 0. The van der Waals surface area contributed by atoms with E-state index in [1.54, 1.807) is 0 Å². The Bertz CT molecular complexity index is 228. The van der Waals surface area contributed by atoms with Gasteiger partial charge < -0.3 is 10.2 Å². The molecule has 0 fully saturated rings. The Morgan fingerprint density at radius 2 is 2.14 bits per heavy atom. The lowest BCUT2D eigenvalue weighted by molar-refractivity contribution is -0.130. The molecule has 0 aromatic carbocycles. The molecule has 0 saturated heterocycles. The molecular formula is C11H20N2O. The van der Waals surface area contributed by atoms with Crippen molar-refractivity contribution in [2.75, 3.05) is 19.6 Å². The fourth-order valence-corrected chi connectivity index (χ4v) is 1.32. The minimum atomic E-state index is 0.0152. The number of hydrogen-bond acceptors (Lipinski definition) is 2. The maximum atomic E-state index is 11.7. The van der Waals surface area contributed by atoms with Crippen LogP contribution < -0.4 is 5.32 Å². The minimum Gasteiger partial charge on any atom is -0.338 e. The van der Waals surface area contributed by atoms with E-state index in [0.717, 1.165) is 19.5 Å². The molecule has 1 aliphatic rings. The smallest absolute Gasteiger partial charge is 0.236 e. The molecular weight excluding hydrogens is 176 g/mol. The average molecular weight is 196 g/mol. The van der Waals surface area contributed by atoms with Crippen LogP contribution in [0.3, 0.4) is 0 Å². The van der Waals surface area contributed by atoms with Crippen molar-refractivity contribution in [2.45, 2.75) is 32.7 Å². The molecule has 14 heavy (non-hydrogen) atoms. The third-order valence-electron chi connectivity index (χ3n) is 2.18. The summed E-state index contributed by atoms with van der Waals surface area (Å²) in [5.74, 6) is 0.198. The Hall–Kier alpha value is -0.830. The van der Waals surface area contributed by atoms with Crippen LogP contribution in [0.15, 0.2) is 12.2 Å². The highest BCUT2D eigenvalue weighted by Crippen LogP contribution is 2.02. The van der Waals surface area contributed by atoms with E-state index >= 15 is 0 Å². The monoisotopic (exact) mass is 196 g/mol. The predicted molar refractivity (Wildman–Crippen MR) is 58.1 cm³/mol. The molecule has 1 rings (SSSR count). The summed E-state index contributed by atoms with van der Waals surface area (Å²) in [5.41, 5.74) is 0.0152. The molecule has 0 radical (unpaired) electrons. The first-order chi connectivity index (χ1) is 6.49. The SMILES string of the molecule is CC(C)(C)NCC(=O)N1CC=CCC1. The zero-order valence-electron chi connectivity index (χ0n) is 9.34. The highest BCUT2D eigenvalue weighted by atomic mass is 16.2. The molecule has 0 spiro atoms. The first-order valence-corrected chi connectivity index (χ1v) is 5.17. The van der Waals surface area contributed by atoms with Gasteiger partial charge >= 0.3 is 0 Å². The van der Waals surface area contributed by atoms with Crippen molar-refractivity contribution in [3.8, 4) is 0 Å².